The molecule has 1 heterocycles. The second-order valence-electron chi connectivity index (χ2n) is 4.91. The molecular weight excluding hydrogens is 268 g/mol. The van der Waals surface area contributed by atoms with Crippen LogP contribution in [-0.2, 0) is 17.8 Å². The molecule has 0 bridgehead atoms. The lowest BCUT2D eigenvalue weighted by atomic mass is 10.1. The molecule has 2 amide bonds. The molecule has 1 aliphatic heterocycles. The van der Waals surface area contributed by atoms with Crippen LogP contribution in [0.5, 0.6) is 0 Å². The maximum Gasteiger partial charge on any atom is 0.255 e. The monoisotopic (exact) mass is 282 g/mol. The third-order valence-electron chi connectivity index (χ3n) is 3.36. The van der Waals surface area contributed by atoms with Crippen molar-refractivity contribution in [3.8, 4) is 0 Å². The Hall–Kier alpha value is -2.66. The number of amides is 2. The van der Waals surface area contributed by atoms with Crippen molar-refractivity contribution in [1.82, 2.24) is 0 Å². The summed E-state index contributed by atoms with van der Waals surface area (Å²) in [7, 11) is 0. The summed E-state index contributed by atoms with van der Waals surface area (Å²) in [5, 5.41) is 14.6. The predicted octanol–water partition coefficient (Wildman–Crippen LogP) is 1.93. The summed E-state index contributed by atoms with van der Waals surface area (Å²) < 4.78 is 0. The van der Waals surface area contributed by atoms with Crippen molar-refractivity contribution in [1.29, 1.82) is 0 Å². The lowest BCUT2D eigenvalue weighted by Gasteiger charge is -2.08. The standard InChI is InChI=1S/C16H14N2O3/c19-9-10-2-1-3-13(6-10)17-16(21)12-5-4-11-8-15(20)18-14(11)7-12/h1-7,19H,8-9H2,(H,17,21)(H,18,20). The normalized spacial score (nSPS) is 12.7. The molecule has 1 aliphatic rings. The second-order valence-corrected chi connectivity index (χ2v) is 4.91. The van der Waals surface area contributed by atoms with E-state index in [1.807, 2.05) is 0 Å². The zero-order valence-electron chi connectivity index (χ0n) is 11.2. The van der Waals surface area contributed by atoms with Crippen LogP contribution in [0.1, 0.15) is 21.5 Å². The zero-order valence-corrected chi connectivity index (χ0v) is 11.2. The van der Waals surface area contributed by atoms with Crippen LogP contribution < -0.4 is 10.6 Å². The van der Waals surface area contributed by atoms with E-state index in [0.29, 0.717) is 23.4 Å². The molecule has 3 N–H and O–H groups in total. The van der Waals surface area contributed by atoms with Crippen molar-refractivity contribution in [2.75, 3.05) is 10.6 Å². The van der Waals surface area contributed by atoms with Gasteiger partial charge in [-0.1, -0.05) is 18.2 Å². The molecule has 0 saturated heterocycles. The maximum atomic E-state index is 12.2. The molecule has 0 saturated carbocycles. The van der Waals surface area contributed by atoms with Gasteiger partial charge in [0.15, 0.2) is 0 Å². The largest absolute Gasteiger partial charge is 0.392 e. The van der Waals surface area contributed by atoms with Crippen molar-refractivity contribution in [3.05, 3.63) is 59.2 Å². The number of carbonyl (C=O) groups is 2. The quantitative estimate of drug-likeness (QED) is 0.805. The van der Waals surface area contributed by atoms with Gasteiger partial charge in [-0.2, -0.15) is 0 Å². The number of fused-ring (bicyclic) bond motifs is 1. The molecule has 0 spiro atoms. The number of benzene rings is 2. The minimum Gasteiger partial charge on any atom is -0.392 e. The fraction of sp³-hybridized carbons (Fsp3) is 0.125. The van der Waals surface area contributed by atoms with Crippen LogP contribution in [0.15, 0.2) is 42.5 Å². The third kappa shape index (κ3) is 2.78. The number of rotatable bonds is 3. The van der Waals surface area contributed by atoms with E-state index < -0.39 is 0 Å². The smallest absolute Gasteiger partial charge is 0.255 e. The first-order valence-corrected chi connectivity index (χ1v) is 6.59. The highest BCUT2D eigenvalue weighted by atomic mass is 16.3. The Balaban J connectivity index is 1.79. The molecule has 0 aliphatic carbocycles. The number of anilines is 2. The Bertz CT molecular complexity index is 725. The molecule has 2 aromatic carbocycles. The van der Waals surface area contributed by atoms with Gasteiger partial charge in [-0.25, -0.2) is 0 Å². The summed E-state index contributed by atoms with van der Waals surface area (Å²) in [4.78, 5) is 23.5. The molecule has 5 nitrogen and oxygen atoms in total. The van der Waals surface area contributed by atoms with Crippen LogP contribution in [0.4, 0.5) is 11.4 Å². The van der Waals surface area contributed by atoms with Gasteiger partial charge in [-0.05, 0) is 35.4 Å². The molecule has 0 aromatic heterocycles. The Morgan fingerprint density at radius 1 is 1.24 bits per heavy atom. The Morgan fingerprint density at radius 2 is 2.10 bits per heavy atom. The highest BCUT2D eigenvalue weighted by molar-refractivity contribution is 6.07. The molecular formula is C16H14N2O3. The summed E-state index contributed by atoms with van der Waals surface area (Å²) in [6, 6.07) is 12.2. The number of aliphatic hydroxyl groups excluding tert-OH is 1. The lowest BCUT2D eigenvalue weighted by Crippen LogP contribution is -2.12. The summed E-state index contributed by atoms with van der Waals surface area (Å²) in [5.74, 6) is -0.313. The van der Waals surface area contributed by atoms with Crippen LogP contribution in [0.3, 0.4) is 0 Å². The molecule has 3 rings (SSSR count). The van der Waals surface area contributed by atoms with E-state index in [-0.39, 0.29) is 18.4 Å². The van der Waals surface area contributed by atoms with Crippen LogP contribution in [-0.4, -0.2) is 16.9 Å². The van der Waals surface area contributed by atoms with Gasteiger partial charge in [0.1, 0.15) is 0 Å². The molecule has 0 unspecified atom stereocenters. The van der Waals surface area contributed by atoms with Crippen molar-refractivity contribution in [2.24, 2.45) is 0 Å². The number of nitrogens with one attached hydrogen (secondary N) is 2. The first-order valence-electron chi connectivity index (χ1n) is 6.59. The Labute approximate surface area is 121 Å². The average Bonchev–Trinajstić information content (AvgIpc) is 2.86. The van der Waals surface area contributed by atoms with E-state index in [4.69, 9.17) is 5.11 Å². The van der Waals surface area contributed by atoms with Crippen molar-refractivity contribution < 1.29 is 14.7 Å². The molecule has 21 heavy (non-hydrogen) atoms. The number of carbonyl (C=O) groups excluding carboxylic acids is 2. The van der Waals surface area contributed by atoms with Crippen LogP contribution in [0, 0.1) is 0 Å². The van der Waals surface area contributed by atoms with Gasteiger partial charge in [-0.3, -0.25) is 9.59 Å². The van der Waals surface area contributed by atoms with E-state index in [9.17, 15) is 9.59 Å². The maximum absolute atomic E-state index is 12.2. The molecule has 5 heteroatoms. The van der Waals surface area contributed by atoms with Crippen LogP contribution >= 0.6 is 0 Å². The highest BCUT2D eigenvalue weighted by Crippen LogP contribution is 2.24. The van der Waals surface area contributed by atoms with E-state index in [2.05, 4.69) is 10.6 Å². The van der Waals surface area contributed by atoms with Gasteiger partial charge in [0, 0.05) is 16.9 Å². The molecule has 2 aromatic rings. The van der Waals surface area contributed by atoms with Crippen molar-refractivity contribution >= 4 is 23.2 Å². The topological polar surface area (TPSA) is 78.4 Å². The number of hydrogen-bond donors (Lipinski definition) is 3. The van der Waals surface area contributed by atoms with E-state index in [1.54, 1.807) is 42.5 Å². The lowest BCUT2D eigenvalue weighted by molar-refractivity contribution is -0.115. The minimum absolute atomic E-state index is 0.0572. The van der Waals surface area contributed by atoms with E-state index in [0.717, 1.165) is 11.1 Å². The SMILES string of the molecule is O=C1Cc2ccc(C(=O)Nc3cccc(CO)c3)cc2N1. The second kappa shape index (κ2) is 5.38. The van der Waals surface area contributed by atoms with Gasteiger partial charge in [-0.15, -0.1) is 0 Å². The van der Waals surface area contributed by atoms with Crippen LogP contribution in [0.25, 0.3) is 0 Å². The van der Waals surface area contributed by atoms with Gasteiger partial charge in [0.2, 0.25) is 5.91 Å². The number of hydrogen-bond acceptors (Lipinski definition) is 3. The fourth-order valence-electron chi connectivity index (χ4n) is 2.31. The molecule has 106 valence electrons. The minimum atomic E-state index is -0.256. The van der Waals surface area contributed by atoms with Gasteiger partial charge >= 0.3 is 0 Å². The summed E-state index contributed by atoms with van der Waals surface area (Å²) in [6.07, 6.45) is 0.357. The van der Waals surface area contributed by atoms with Crippen LogP contribution in [0.2, 0.25) is 0 Å². The van der Waals surface area contributed by atoms with E-state index in [1.165, 1.54) is 0 Å². The Morgan fingerprint density at radius 3 is 2.90 bits per heavy atom. The summed E-state index contributed by atoms with van der Waals surface area (Å²) >= 11 is 0. The average molecular weight is 282 g/mol. The number of aliphatic hydroxyl groups is 1. The van der Waals surface area contributed by atoms with Gasteiger partial charge in [0.05, 0.1) is 13.0 Å². The van der Waals surface area contributed by atoms with Crippen molar-refractivity contribution in [3.63, 3.8) is 0 Å². The predicted molar refractivity (Wildman–Crippen MR) is 79.1 cm³/mol. The molecule has 0 atom stereocenters. The summed E-state index contributed by atoms with van der Waals surface area (Å²) in [6.45, 7) is -0.0748. The third-order valence-corrected chi connectivity index (χ3v) is 3.36. The first kappa shape index (κ1) is 13.3. The van der Waals surface area contributed by atoms with Gasteiger partial charge < -0.3 is 15.7 Å². The van der Waals surface area contributed by atoms with Gasteiger partial charge in [0.25, 0.3) is 5.91 Å². The first-order chi connectivity index (χ1) is 10.2. The Kier molecular flexibility index (Phi) is 3.41. The zero-order chi connectivity index (χ0) is 14.8. The fourth-order valence-corrected chi connectivity index (χ4v) is 2.31. The highest BCUT2D eigenvalue weighted by Gasteiger charge is 2.19. The molecule has 0 radical (unpaired) electrons. The molecule has 0 fully saturated rings. The van der Waals surface area contributed by atoms with Crippen molar-refractivity contribution in [2.45, 2.75) is 13.0 Å². The summed E-state index contributed by atoms with van der Waals surface area (Å²) in [5.41, 5.74) is 3.42. The van der Waals surface area contributed by atoms with E-state index >= 15 is 0 Å².